The van der Waals surface area contributed by atoms with Crippen molar-refractivity contribution in [3.05, 3.63) is 35.9 Å². The van der Waals surface area contributed by atoms with Crippen molar-refractivity contribution in [2.75, 3.05) is 20.3 Å². The molecule has 1 saturated carbocycles. The van der Waals surface area contributed by atoms with Crippen molar-refractivity contribution in [1.82, 2.24) is 4.90 Å². The van der Waals surface area contributed by atoms with Crippen molar-refractivity contribution in [3.8, 4) is 0 Å². The predicted molar refractivity (Wildman–Crippen MR) is 92.6 cm³/mol. The van der Waals surface area contributed by atoms with E-state index in [1.807, 2.05) is 51.2 Å². The van der Waals surface area contributed by atoms with E-state index in [1.165, 1.54) is 0 Å². The van der Waals surface area contributed by atoms with Crippen LogP contribution in [-0.4, -0.2) is 43.6 Å². The zero-order chi connectivity index (χ0) is 17.4. The van der Waals surface area contributed by atoms with E-state index in [4.69, 9.17) is 14.2 Å². The molecule has 0 heterocycles. The van der Waals surface area contributed by atoms with E-state index in [-0.39, 0.29) is 18.4 Å². The topological polar surface area (TPSA) is 48.0 Å². The molecule has 2 rings (SSSR count). The summed E-state index contributed by atoms with van der Waals surface area (Å²) in [6, 6.07) is 9.99. The number of nitrogens with zero attached hydrogens (tertiary/aromatic N) is 1. The van der Waals surface area contributed by atoms with Gasteiger partial charge in [0.05, 0.1) is 0 Å². The molecule has 5 heteroatoms. The molecule has 24 heavy (non-hydrogen) atoms. The number of hydrogen-bond donors (Lipinski definition) is 0. The molecule has 134 valence electrons. The van der Waals surface area contributed by atoms with Gasteiger partial charge in [-0.1, -0.05) is 30.3 Å². The number of amides is 1. The Morgan fingerprint density at radius 1 is 1.17 bits per heavy atom. The maximum atomic E-state index is 12.1. The second kappa shape index (κ2) is 9.64. The van der Waals surface area contributed by atoms with Gasteiger partial charge in [-0.2, -0.15) is 0 Å². The first kappa shape index (κ1) is 18.7. The van der Waals surface area contributed by atoms with Gasteiger partial charge >= 0.3 is 6.09 Å². The SMILES string of the molecule is CCOC(CC1CC(N(C)C(=O)OCc2ccccc2)C1)OCC. The Balaban J connectivity index is 1.69. The first-order chi connectivity index (χ1) is 11.6. The zero-order valence-electron chi connectivity index (χ0n) is 14.9. The average Bonchev–Trinajstić information content (AvgIpc) is 2.56. The lowest BCUT2D eigenvalue weighted by Gasteiger charge is -2.41. The lowest BCUT2D eigenvalue weighted by Crippen LogP contribution is -2.46. The third kappa shape index (κ3) is 5.49. The van der Waals surface area contributed by atoms with E-state index in [2.05, 4.69) is 0 Å². The minimum absolute atomic E-state index is 0.124. The van der Waals surface area contributed by atoms with Gasteiger partial charge in [0.25, 0.3) is 0 Å². The standard InChI is InChI=1S/C19H29NO4/c1-4-22-18(23-5-2)13-16-11-17(12-16)20(3)19(21)24-14-15-9-7-6-8-10-15/h6-10,16-18H,4-5,11-14H2,1-3H3. The molecular weight excluding hydrogens is 306 g/mol. The van der Waals surface area contributed by atoms with Crippen LogP contribution in [0.5, 0.6) is 0 Å². The number of rotatable bonds is 9. The number of ether oxygens (including phenoxy) is 3. The summed E-state index contributed by atoms with van der Waals surface area (Å²) in [4.78, 5) is 13.9. The molecule has 1 amide bonds. The Morgan fingerprint density at radius 2 is 1.79 bits per heavy atom. The van der Waals surface area contributed by atoms with E-state index in [0.717, 1.165) is 24.8 Å². The van der Waals surface area contributed by atoms with Crippen LogP contribution in [0.15, 0.2) is 30.3 Å². The highest BCUT2D eigenvalue weighted by Crippen LogP contribution is 2.35. The van der Waals surface area contributed by atoms with Gasteiger partial charge in [0.2, 0.25) is 0 Å². The van der Waals surface area contributed by atoms with Crippen molar-refractivity contribution in [2.24, 2.45) is 5.92 Å². The molecule has 1 aliphatic rings. The van der Waals surface area contributed by atoms with Gasteiger partial charge in [-0.15, -0.1) is 0 Å². The normalized spacial score (nSPS) is 19.8. The van der Waals surface area contributed by atoms with Gasteiger partial charge < -0.3 is 19.1 Å². The van der Waals surface area contributed by atoms with Crippen molar-refractivity contribution in [2.45, 2.75) is 52.0 Å². The third-order valence-electron chi connectivity index (χ3n) is 4.48. The molecule has 1 aromatic rings. The summed E-state index contributed by atoms with van der Waals surface area (Å²) < 4.78 is 16.6. The summed E-state index contributed by atoms with van der Waals surface area (Å²) in [6.45, 7) is 5.59. The number of carbonyl (C=O) groups is 1. The number of carbonyl (C=O) groups excluding carboxylic acids is 1. The van der Waals surface area contributed by atoms with Gasteiger partial charge in [0.15, 0.2) is 6.29 Å². The Morgan fingerprint density at radius 3 is 2.38 bits per heavy atom. The van der Waals surface area contributed by atoms with Crippen molar-refractivity contribution < 1.29 is 19.0 Å². The predicted octanol–water partition coefficient (Wildman–Crippen LogP) is 3.82. The lowest BCUT2D eigenvalue weighted by molar-refractivity contribution is -0.152. The van der Waals surface area contributed by atoms with Crippen LogP contribution in [0.1, 0.15) is 38.7 Å². The molecule has 0 bridgehead atoms. The molecule has 0 unspecified atom stereocenters. The minimum atomic E-state index is -0.256. The van der Waals surface area contributed by atoms with E-state index in [9.17, 15) is 4.79 Å². The molecule has 5 nitrogen and oxygen atoms in total. The molecule has 1 aromatic carbocycles. The first-order valence-corrected chi connectivity index (χ1v) is 8.80. The molecular formula is C19H29NO4. The van der Waals surface area contributed by atoms with Gasteiger partial charge in [-0.3, -0.25) is 0 Å². The molecule has 1 aliphatic carbocycles. The molecule has 0 spiro atoms. The number of benzene rings is 1. The zero-order valence-corrected chi connectivity index (χ0v) is 14.9. The number of hydrogen-bond acceptors (Lipinski definition) is 4. The summed E-state index contributed by atoms with van der Waals surface area (Å²) in [5.74, 6) is 0.544. The lowest BCUT2D eigenvalue weighted by atomic mass is 9.77. The van der Waals surface area contributed by atoms with Crippen molar-refractivity contribution in [3.63, 3.8) is 0 Å². The van der Waals surface area contributed by atoms with Crippen LogP contribution in [-0.2, 0) is 20.8 Å². The van der Waals surface area contributed by atoms with Crippen LogP contribution in [0.25, 0.3) is 0 Å². The third-order valence-corrected chi connectivity index (χ3v) is 4.48. The summed E-state index contributed by atoms with van der Waals surface area (Å²) in [6.07, 6.45) is 2.47. The van der Waals surface area contributed by atoms with Crippen LogP contribution in [0.4, 0.5) is 4.79 Å². The minimum Gasteiger partial charge on any atom is -0.445 e. The maximum Gasteiger partial charge on any atom is 0.410 e. The summed E-state index contributed by atoms with van der Waals surface area (Å²) in [5.41, 5.74) is 1.00. The Kier molecular flexibility index (Phi) is 7.53. The highest BCUT2D eigenvalue weighted by molar-refractivity contribution is 5.67. The fourth-order valence-electron chi connectivity index (χ4n) is 3.01. The van der Waals surface area contributed by atoms with E-state index in [0.29, 0.717) is 25.7 Å². The Hall–Kier alpha value is -1.59. The quantitative estimate of drug-likeness (QED) is 0.644. The monoisotopic (exact) mass is 335 g/mol. The Bertz CT molecular complexity index is 481. The van der Waals surface area contributed by atoms with Crippen molar-refractivity contribution in [1.29, 1.82) is 0 Å². The smallest absolute Gasteiger partial charge is 0.410 e. The van der Waals surface area contributed by atoms with E-state index < -0.39 is 0 Å². The Labute approximate surface area is 144 Å². The van der Waals surface area contributed by atoms with E-state index in [1.54, 1.807) is 4.90 Å². The van der Waals surface area contributed by atoms with Crippen LogP contribution in [0.3, 0.4) is 0 Å². The molecule has 0 aliphatic heterocycles. The maximum absolute atomic E-state index is 12.1. The summed E-state index contributed by atoms with van der Waals surface area (Å²) >= 11 is 0. The highest BCUT2D eigenvalue weighted by Gasteiger charge is 2.36. The molecule has 0 saturated heterocycles. The molecule has 1 fully saturated rings. The van der Waals surface area contributed by atoms with Crippen LogP contribution in [0.2, 0.25) is 0 Å². The van der Waals surface area contributed by atoms with Gasteiger partial charge in [0, 0.05) is 32.7 Å². The van der Waals surface area contributed by atoms with Crippen LogP contribution in [0, 0.1) is 5.92 Å². The molecule has 0 aromatic heterocycles. The fraction of sp³-hybridized carbons (Fsp3) is 0.632. The van der Waals surface area contributed by atoms with Gasteiger partial charge in [-0.05, 0) is 38.2 Å². The van der Waals surface area contributed by atoms with Crippen LogP contribution >= 0.6 is 0 Å². The van der Waals surface area contributed by atoms with Crippen LogP contribution < -0.4 is 0 Å². The second-order valence-corrected chi connectivity index (χ2v) is 6.22. The molecule has 0 N–H and O–H groups in total. The first-order valence-electron chi connectivity index (χ1n) is 8.80. The van der Waals surface area contributed by atoms with E-state index >= 15 is 0 Å². The summed E-state index contributed by atoms with van der Waals surface area (Å²) in [5, 5.41) is 0. The molecule has 0 radical (unpaired) electrons. The fourth-order valence-corrected chi connectivity index (χ4v) is 3.01. The highest BCUT2D eigenvalue weighted by atomic mass is 16.7. The second-order valence-electron chi connectivity index (χ2n) is 6.22. The average molecular weight is 335 g/mol. The molecule has 0 atom stereocenters. The van der Waals surface area contributed by atoms with Gasteiger partial charge in [0.1, 0.15) is 6.61 Å². The van der Waals surface area contributed by atoms with Gasteiger partial charge in [-0.25, -0.2) is 4.79 Å². The van der Waals surface area contributed by atoms with Crippen molar-refractivity contribution >= 4 is 6.09 Å². The largest absolute Gasteiger partial charge is 0.445 e. The summed E-state index contributed by atoms with van der Waals surface area (Å²) in [7, 11) is 1.82.